The first-order chi connectivity index (χ1) is 9.58. The summed E-state index contributed by atoms with van der Waals surface area (Å²) < 4.78 is 5.20. The Kier molecular flexibility index (Phi) is 4.53. The molecule has 104 valence electrons. The molecule has 1 amide bonds. The number of hydrogen-bond acceptors (Lipinski definition) is 4. The molecule has 1 N–H and O–H groups in total. The summed E-state index contributed by atoms with van der Waals surface area (Å²) in [6.07, 6.45) is 5.05. The fourth-order valence-electron chi connectivity index (χ4n) is 1.63. The lowest BCUT2D eigenvalue weighted by Crippen LogP contribution is -2.17. The van der Waals surface area contributed by atoms with Gasteiger partial charge in [-0.2, -0.15) is 5.10 Å². The third-order valence-electron chi connectivity index (χ3n) is 2.88. The Balaban J connectivity index is 1.96. The molecule has 0 fully saturated rings. The number of amides is 1. The van der Waals surface area contributed by atoms with Gasteiger partial charge in [-0.25, -0.2) is 5.43 Å². The highest BCUT2D eigenvalue weighted by molar-refractivity contribution is 7.10. The zero-order valence-electron chi connectivity index (χ0n) is 11.6. The molecule has 4 nitrogen and oxygen atoms in total. The van der Waals surface area contributed by atoms with E-state index in [1.165, 1.54) is 0 Å². The fraction of sp³-hybridized carbons (Fsp3) is 0.200. The lowest BCUT2D eigenvalue weighted by molar-refractivity contribution is 0.0955. The highest BCUT2D eigenvalue weighted by Gasteiger charge is 2.11. The van der Waals surface area contributed by atoms with Gasteiger partial charge in [0.05, 0.1) is 18.0 Å². The molecule has 0 bridgehead atoms. The molecule has 0 aliphatic rings. The van der Waals surface area contributed by atoms with Crippen LogP contribution in [0.4, 0.5) is 0 Å². The monoisotopic (exact) mass is 288 g/mol. The Morgan fingerprint density at radius 1 is 1.45 bits per heavy atom. The zero-order chi connectivity index (χ0) is 14.5. The number of hydrazone groups is 1. The minimum atomic E-state index is -0.186. The Bertz CT molecular complexity index is 651. The number of furan rings is 1. The standard InChI is InChI=1S/C15H16N2O2S/c1-10(7-13-5-4-6-19-13)8-16-17-15(18)14-9-20-12(3)11(14)2/h4-9H,1-3H3,(H,17,18)/b10-7+,16-8+. The Morgan fingerprint density at radius 2 is 2.25 bits per heavy atom. The van der Waals surface area contributed by atoms with Crippen LogP contribution in [0.3, 0.4) is 0 Å². The number of rotatable bonds is 4. The molecule has 0 radical (unpaired) electrons. The van der Waals surface area contributed by atoms with Crippen LogP contribution in [0.15, 0.2) is 38.9 Å². The van der Waals surface area contributed by atoms with Gasteiger partial charge in [-0.05, 0) is 50.1 Å². The van der Waals surface area contributed by atoms with Crippen molar-refractivity contribution in [1.29, 1.82) is 0 Å². The van der Waals surface area contributed by atoms with Crippen molar-refractivity contribution in [2.24, 2.45) is 5.10 Å². The minimum Gasteiger partial charge on any atom is -0.465 e. The van der Waals surface area contributed by atoms with Crippen LogP contribution in [0.2, 0.25) is 0 Å². The summed E-state index contributed by atoms with van der Waals surface area (Å²) in [5.74, 6) is 0.568. The average molecular weight is 288 g/mol. The second-order valence-electron chi connectivity index (χ2n) is 4.43. The molecular weight excluding hydrogens is 272 g/mol. The lowest BCUT2D eigenvalue weighted by atomic mass is 10.2. The van der Waals surface area contributed by atoms with Crippen LogP contribution in [0.5, 0.6) is 0 Å². The third kappa shape index (κ3) is 3.45. The van der Waals surface area contributed by atoms with E-state index < -0.39 is 0 Å². The van der Waals surface area contributed by atoms with Crippen LogP contribution in [0.1, 0.15) is 33.5 Å². The van der Waals surface area contributed by atoms with Crippen molar-refractivity contribution in [3.8, 4) is 0 Å². The van der Waals surface area contributed by atoms with Gasteiger partial charge < -0.3 is 4.42 Å². The lowest BCUT2D eigenvalue weighted by Gasteiger charge is -1.99. The number of carbonyl (C=O) groups excluding carboxylic acids is 1. The minimum absolute atomic E-state index is 0.186. The van der Waals surface area contributed by atoms with E-state index in [-0.39, 0.29) is 5.91 Å². The van der Waals surface area contributed by atoms with E-state index in [2.05, 4.69) is 10.5 Å². The van der Waals surface area contributed by atoms with Crippen LogP contribution in [-0.4, -0.2) is 12.1 Å². The maximum absolute atomic E-state index is 11.9. The molecule has 0 aliphatic heterocycles. The second-order valence-corrected chi connectivity index (χ2v) is 5.52. The Hall–Kier alpha value is -2.14. The first-order valence-electron chi connectivity index (χ1n) is 6.18. The van der Waals surface area contributed by atoms with E-state index in [0.29, 0.717) is 5.56 Å². The molecular formula is C15H16N2O2S. The van der Waals surface area contributed by atoms with E-state index in [1.807, 2.05) is 44.4 Å². The van der Waals surface area contributed by atoms with Crippen LogP contribution in [0.25, 0.3) is 6.08 Å². The summed E-state index contributed by atoms with van der Waals surface area (Å²) in [7, 11) is 0. The smallest absolute Gasteiger partial charge is 0.272 e. The fourth-order valence-corrected chi connectivity index (χ4v) is 2.49. The van der Waals surface area contributed by atoms with Crippen LogP contribution in [0, 0.1) is 13.8 Å². The number of carbonyl (C=O) groups is 1. The van der Waals surface area contributed by atoms with Crippen molar-refractivity contribution in [3.63, 3.8) is 0 Å². The normalized spacial score (nSPS) is 12.1. The Labute approximate surface area is 121 Å². The predicted octanol–water partition coefficient (Wildman–Crippen LogP) is 3.78. The molecule has 0 aliphatic carbocycles. The number of hydrogen-bond donors (Lipinski definition) is 1. The van der Waals surface area contributed by atoms with E-state index in [4.69, 9.17) is 4.42 Å². The molecule has 0 saturated carbocycles. The van der Waals surface area contributed by atoms with Crippen molar-refractivity contribution in [2.45, 2.75) is 20.8 Å². The van der Waals surface area contributed by atoms with Crippen LogP contribution < -0.4 is 5.43 Å². The van der Waals surface area contributed by atoms with Gasteiger partial charge in [-0.3, -0.25) is 4.79 Å². The van der Waals surface area contributed by atoms with E-state index in [9.17, 15) is 4.79 Å². The van der Waals surface area contributed by atoms with Gasteiger partial charge in [-0.15, -0.1) is 11.3 Å². The Morgan fingerprint density at radius 3 is 2.85 bits per heavy atom. The quantitative estimate of drug-likeness (QED) is 0.687. The van der Waals surface area contributed by atoms with E-state index in [0.717, 1.165) is 21.8 Å². The van der Waals surface area contributed by atoms with Gasteiger partial charge in [0.2, 0.25) is 0 Å². The summed E-state index contributed by atoms with van der Waals surface area (Å²) in [5.41, 5.74) is 5.10. The number of thiophene rings is 1. The van der Waals surface area contributed by atoms with Gasteiger partial charge in [0.25, 0.3) is 5.91 Å². The van der Waals surface area contributed by atoms with Crippen molar-refractivity contribution in [2.75, 3.05) is 0 Å². The highest BCUT2D eigenvalue weighted by Crippen LogP contribution is 2.20. The molecule has 2 rings (SSSR count). The molecule has 0 atom stereocenters. The van der Waals surface area contributed by atoms with Crippen molar-refractivity contribution < 1.29 is 9.21 Å². The molecule has 0 aromatic carbocycles. The molecule has 2 aromatic heterocycles. The maximum Gasteiger partial charge on any atom is 0.272 e. The molecule has 5 heteroatoms. The average Bonchev–Trinajstić information content (AvgIpc) is 3.01. The third-order valence-corrected chi connectivity index (χ3v) is 3.89. The van der Waals surface area contributed by atoms with Crippen molar-refractivity contribution in [3.05, 3.63) is 51.1 Å². The van der Waals surface area contributed by atoms with Crippen LogP contribution in [-0.2, 0) is 0 Å². The largest absolute Gasteiger partial charge is 0.465 e. The first-order valence-corrected chi connectivity index (χ1v) is 7.06. The van der Waals surface area contributed by atoms with Gasteiger partial charge in [0, 0.05) is 10.3 Å². The molecule has 2 heterocycles. The summed E-state index contributed by atoms with van der Waals surface area (Å²) >= 11 is 1.57. The predicted molar refractivity (Wildman–Crippen MR) is 82.1 cm³/mol. The molecule has 0 unspecified atom stereocenters. The first kappa shape index (κ1) is 14.3. The van der Waals surface area contributed by atoms with Gasteiger partial charge in [0.1, 0.15) is 5.76 Å². The zero-order valence-corrected chi connectivity index (χ0v) is 12.5. The van der Waals surface area contributed by atoms with Crippen molar-refractivity contribution >= 4 is 29.5 Å². The summed E-state index contributed by atoms with van der Waals surface area (Å²) in [6, 6.07) is 3.67. The second kappa shape index (κ2) is 6.34. The van der Waals surface area contributed by atoms with Crippen LogP contribution >= 0.6 is 11.3 Å². The number of nitrogens with one attached hydrogen (secondary N) is 1. The summed E-state index contributed by atoms with van der Waals surface area (Å²) in [6.45, 7) is 5.82. The highest BCUT2D eigenvalue weighted by atomic mass is 32.1. The van der Waals surface area contributed by atoms with Gasteiger partial charge >= 0.3 is 0 Å². The topological polar surface area (TPSA) is 54.6 Å². The van der Waals surface area contributed by atoms with E-state index in [1.54, 1.807) is 23.8 Å². The van der Waals surface area contributed by atoms with Gasteiger partial charge in [-0.1, -0.05) is 0 Å². The molecule has 0 spiro atoms. The number of allylic oxidation sites excluding steroid dienone is 1. The maximum atomic E-state index is 11.9. The summed E-state index contributed by atoms with van der Waals surface area (Å²) in [4.78, 5) is 13.1. The van der Waals surface area contributed by atoms with Gasteiger partial charge in [0.15, 0.2) is 0 Å². The molecule has 0 saturated heterocycles. The number of nitrogens with zero attached hydrogens (tertiary/aromatic N) is 1. The molecule has 2 aromatic rings. The van der Waals surface area contributed by atoms with E-state index >= 15 is 0 Å². The SMILES string of the molecule is CC(/C=N/NC(=O)c1csc(C)c1C)=C\c1ccco1. The molecule has 20 heavy (non-hydrogen) atoms. The van der Waals surface area contributed by atoms with Crippen molar-refractivity contribution in [1.82, 2.24) is 5.43 Å². The summed E-state index contributed by atoms with van der Waals surface area (Å²) in [5, 5.41) is 5.80. The number of aryl methyl sites for hydroxylation is 1.